The van der Waals surface area contributed by atoms with Gasteiger partial charge in [0.1, 0.15) is 17.4 Å². The highest BCUT2D eigenvalue weighted by atomic mass is 32.1. The van der Waals surface area contributed by atoms with E-state index in [1.807, 2.05) is 24.4 Å². The summed E-state index contributed by atoms with van der Waals surface area (Å²) in [6, 6.07) is 8.82. The first-order chi connectivity index (χ1) is 9.31. The molecule has 1 N–H and O–H groups in total. The molecule has 0 spiro atoms. The van der Waals surface area contributed by atoms with Crippen molar-refractivity contribution >= 4 is 11.3 Å². The van der Waals surface area contributed by atoms with Gasteiger partial charge in [-0.15, -0.1) is 11.3 Å². The molecule has 0 bridgehead atoms. The van der Waals surface area contributed by atoms with Gasteiger partial charge < -0.3 is 10.1 Å². The van der Waals surface area contributed by atoms with Gasteiger partial charge >= 0.3 is 0 Å². The number of rotatable bonds is 6. The normalized spacial score (nSPS) is 14.6. The Labute approximate surface area is 117 Å². The molecule has 1 aliphatic rings. The first-order valence-corrected chi connectivity index (χ1v) is 7.48. The fourth-order valence-corrected chi connectivity index (χ4v) is 2.67. The minimum absolute atomic E-state index is 0.555. The summed E-state index contributed by atoms with van der Waals surface area (Å²) >= 11 is 1.73. The predicted molar refractivity (Wildman–Crippen MR) is 77.5 cm³/mol. The standard InChI is InChI=1S/C15H18N2OS/c1-11-4-2-3-5-14(11)18-10-15-17-9-13(19-15)8-16-12-6-7-12/h2-5,9,12,16H,6-8,10H2,1H3. The van der Waals surface area contributed by atoms with Crippen molar-refractivity contribution in [2.24, 2.45) is 0 Å². The minimum Gasteiger partial charge on any atom is -0.486 e. The van der Waals surface area contributed by atoms with Gasteiger partial charge in [0, 0.05) is 23.7 Å². The maximum absolute atomic E-state index is 5.80. The number of para-hydroxylation sites is 1. The highest BCUT2D eigenvalue weighted by Gasteiger charge is 2.20. The molecule has 1 aromatic carbocycles. The van der Waals surface area contributed by atoms with Crippen LogP contribution in [0.15, 0.2) is 30.5 Å². The number of thiazole rings is 1. The van der Waals surface area contributed by atoms with E-state index in [0.717, 1.165) is 28.9 Å². The largest absolute Gasteiger partial charge is 0.486 e. The van der Waals surface area contributed by atoms with E-state index in [9.17, 15) is 0 Å². The average Bonchev–Trinajstić information content (AvgIpc) is 3.14. The van der Waals surface area contributed by atoms with Crippen LogP contribution in [0.2, 0.25) is 0 Å². The highest BCUT2D eigenvalue weighted by molar-refractivity contribution is 7.11. The zero-order valence-corrected chi connectivity index (χ0v) is 11.9. The van der Waals surface area contributed by atoms with Crippen LogP contribution in [0.1, 0.15) is 28.3 Å². The number of nitrogens with zero attached hydrogens (tertiary/aromatic N) is 1. The Morgan fingerprint density at radius 2 is 2.21 bits per heavy atom. The third-order valence-electron chi connectivity index (χ3n) is 3.19. The molecule has 4 heteroatoms. The summed E-state index contributed by atoms with van der Waals surface area (Å²) in [4.78, 5) is 5.70. The molecule has 1 heterocycles. The maximum Gasteiger partial charge on any atom is 0.140 e. The van der Waals surface area contributed by atoms with Gasteiger partial charge in [-0.2, -0.15) is 0 Å². The van der Waals surface area contributed by atoms with E-state index in [2.05, 4.69) is 23.3 Å². The van der Waals surface area contributed by atoms with E-state index in [0.29, 0.717) is 6.61 Å². The second-order valence-electron chi connectivity index (χ2n) is 4.93. The highest BCUT2D eigenvalue weighted by Crippen LogP contribution is 2.22. The molecule has 1 fully saturated rings. The second-order valence-corrected chi connectivity index (χ2v) is 6.13. The summed E-state index contributed by atoms with van der Waals surface area (Å²) in [5.74, 6) is 0.940. The van der Waals surface area contributed by atoms with Gasteiger partial charge in [0.2, 0.25) is 0 Å². The molecule has 1 saturated carbocycles. The fourth-order valence-electron chi connectivity index (χ4n) is 1.89. The van der Waals surface area contributed by atoms with Gasteiger partial charge in [0.25, 0.3) is 0 Å². The van der Waals surface area contributed by atoms with Gasteiger partial charge in [-0.05, 0) is 31.4 Å². The van der Waals surface area contributed by atoms with Gasteiger partial charge in [-0.1, -0.05) is 18.2 Å². The van der Waals surface area contributed by atoms with Crippen LogP contribution in [0.3, 0.4) is 0 Å². The molecule has 1 aliphatic carbocycles. The lowest BCUT2D eigenvalue weighted by Crippen LogP contribution is -2.14. The number of hydrogen-bond donors (Lipinski definition) is 1. The van der Waals surface area contributed by atoms with Crippen molar-refractivity contribution in [3.05, 3.63) is 45.9 Å². The Morgan fingerprint density at radius 1 is 1.37 bits per heavy atom. The van der Waals surface area contributed by atoms with Crippen LogP contribution < -0.4 is 10.1 Å². The Morgan fingerprint density at radius 3 is 3.00 bits per heavy atom. The van der Waals surface area contributed by atoms with Crippen LogP contribution >= 0.6 is 11.3 Å². The smallest absolute Gasteiger partial charge is 0.140 e. The van der Waals surface area contributed by atoms with Crippen molar-refractivity contribution < 1.29 is 4.74 Å². The third kappa shape index (κ3) is 3.55. The molecule has 3 nitrogen and oxygen atoms in total. The molecule has 0 atom stereocenters. The predicted octanol–water partition coefficient (Wildman–Crippen LogP) is 3.28. The van der Waals surface area contributed by atoms with Crippen LogP contribution in [-0.2, 0) is 13.2 Å². The van der Waals surface area contributed by atoms with Crippen LogP contribution in [0.4, 0.5) is 0 Å². The van der Waals surface area contributed by atoms with Crippen molar-refractivity contribution in [1.29, 1.82) is 0 Å². The number of ether oxygens (including phenoxy) is 1. The lowest BCUT2D eigenvalue weighted by Gasteiger charge is -2.06. The van der Waals surface area contributed by atoms with E-state index in [4.69, 9.17) is 4.74 Å². The summed E-state index contributed by atoms with van der Waals surface area (Å²) in [6.45, 7) is 3.55. The molecule has 19 heavy (non-hydrogen) atoms. The maximum atomic E-state index is 5.80. The summed E-state index contributed by atoms with van der Waals surface area (Å²) in [5, 5.41) is 4.54. The number of benzene rings is 1. The summed E-state index contributed by atoms with van der Waals surface area (Å²) in [5.41, 5.74) is 1.16. The molecule has 0 saturated heterocycles. The Kier molecular flexibility index (Phi) is 3.80. The molecule has 0 aliphatic heterocycles. The Bertz CT molecular complexity index is 549. The SMILES string of the molecule is Cc1ccccc1OCc1ncc(CNC2CC2)s1. The monoisotopic (exact) mass is 274 g/mol. The first kappa shape index (κ1) is 12.6. The molecule has 2 aromatic rings. The van der Waals surface area contributed by atoms with Crippen molar-refractivity contribution in [3.63, 3.8) is 0 Å². The Hall–Kier alpha value is -1.39. The molecule has 3 rings (SSSR count). The number of hydrogen-bond acceptors (Lipinski definition) is 4. The van der Waals surface area contributed by atoms with Crippen molar-refractivity contribution in [3.8, 4) is 5.75 Å². The molecular weight excluding hydrogens is 256 g/mol. The van der Waals surface area contributed by atoms with Crippen LogP contribution in [0, 0.1) is 6.92 Å². The lowest BCUT2D eigenvalue weighted by molar-refractivity contribution is 0.303. The van der Waals surface area contributed by atoms with E-state index < -0.39 is 0 Å². The number of nitrogens with one attached hydrogen (secondary N) is 1. The van der Waals surface area contributed by atoms with Crippen LogP contribution in [0.5, 0.6) is 5.75 Å². The molecule has 0 unspecified atom stereocenters. The van der Waals surface area contributed by atoms with E-state index in [1.54, 1.807) is 11.3 Å². The molecule has 100 valence electrons. The van der Waals surface area contributed by atoms with Gasteiger partial charge in [0.15, 0.2) is 0 Å². The summed E-state index contributed by atoms with van der Waals surface area (Å²) in [6.07, 6.45) is 4.60. The molecule has 0 amide bonds. The van der Waals surface area contributed by atoms with Crippen molar-refractivity contribution in [1.82, 2.24) is 10.3 Å². The summed E-state index contributed by atoms with van der Waals surface area (Å²) < 4.78 is 5.80. The topological polar surface area (TPSA) is 34.1 Å². The van der Waals surface area contributed by atoms with Crippen LogP contribution in [-0.4, -0.2) is 11.0 Å². The van der Waals surface area contributed by atoms with Crippen molar-refractivity contribution in [2.75, 3.05) is 0 Å². The van der Waals surface area contributed by atoms with Gasteiger partial charge in [0.05, 0.1) is 0 Å². The third-order valence-corrected chi connectivity index (χ3v) is 4.16. The van der Waals surface area contributed by atoms with Crippen LogP contribution in [0.25, 0.3) is 0 Å². The minimum atomic E-state index is 0.555. The molecular formula is C15H18N2OS. The first-order valence-electron chi connectivity index (χ1n) is 6.66. The molecule has 1 aromatic heterocycles. The van der Waals surface area contributed by atoms with Gasteiger partial charge in [-0.3, -0.25) is 0 Å². The number of aromatic nitrogens is 1. The summed E-state index contributed by atoms with van der Waals surface area (Å²) in [7, 11) is 0. The fraction of sp³-hybridized carbons (Fsp3) is 0.400. The van der Waals surface area contributed by atoms with E-state index in [-0.39, 0.29) is 0 Å². The molecule has 0 radical (unpaired) electrons. The number of aryl methyl sites for hydroxylation is 1. The average molecular weight is 274 g/mol. The zero-order chi connectivity index (χ0) is 13.1. The zero-order valence-electron chi connectivity index (χ0n) is 11.1. The van der Waals surface area contributed by atoms with Crippen molar-refractivity contribution in [2.45, 2.75) is 39.0 Å². The second kappa shape index (κ2) is 5.72. The van der Waals surface area contributed by atoms with Gasteiger partial charge in [-0.25, -0.2) is 4.98 Å². The lowest BCUT2D eigenvalue weighted by atomic mass is 10.2. The van der Waals surface area contributed by atoms with E-state index >= 15 is 0 Å². The Balaban J connectivity index is 1.53. The van der Waals surface area contributed by atoms with E-state index in [1.165, 1.54) is 17.7 Å². The quantitative estimate of drug-likeness (QED) is 0.877.